The quantitative estimate of drug-likeness (QED) is 0.503. The maximum absolute atomic E-state index is 10.6. The molecule has 0 aromatic heterocycles. The van der Waals surface area contributed by atoms with E-state index >= 15 is 0 Å². The summed E-state index contributed by atoms with van der Waals surface area (Å²) in [5.74, 6) is -0.987. The van der Waals surface area contributed by atoms with Crippen LogP contribution < -0.4 is 0 Å². The van der Waals surface area contributed by atoms with E-state index in [1.807, 2.05) is 21.1 Å². The van der Waals surface area contributed by atoms with E-state index < -0.39 is 11.6 Å². The van der Waals surface area contributed by atoms with Gasteiger partial charge in [0.2, 0.25) is 0 Å². The van der Waals surface area contributed by atoms with Crippen molar-refractivity contribution >= 4 is 5.97 Å². The summed E-state index contributed by atoms with van der Waals surface area (Å²) >= 11 is 0. The highest BCUT2D eigenvalue weighted by Gasteiger charge is 2.33. The van der Waals surface area contributed by atoms with Crippen LogP contribution in [-0.2, 0) is 4.79 Å². The summed E-state index contributed by atoms with van der Waals surface area (Å²) in [6.07, 6.45) is 2.97. The van der Waals surface area contributed by atoms with Crippen LogP contribution in [0, 0.1) is 0 Å². The Bertz CT molecular complexity index is 230. The molecule has 0 saturated carbocycles. The molecular formula is C10H20NO3+. The lowest BCUT2D eigenvalue weighted by Gasteiger charge is -2.32. The monoisotopic (exact) mass is 202 g/mol. The molecule has 0 fully saturated rings. The molecule has 4 nitrogen and oxygen atoms in total. The number of hydrogen-bond acceptors (Lipinski definition) is 2. The van der Waals surface area contributed by atoms with Crippen molar-refractivity contribution in [2.24, 2.45) is 0 Å². The maximum Gasteiger partial charge on any atom is 0.306 e. The van der Waals surface area contributed by atoms with Gasteiger partial charge in [-0.3, -0.25) is 4.79 Å². The van der Waals surface area contributed by atoms with Crippen molar-refractivity contribution in [3.63, 3.8) is 0 Å². The van der Waals surface area contributed by atoms with Gasteiger partial charge in [0, 0.05) is 0 Å². The van der Waals surface area contributed by atoms with Crippen LogP contribution in [0.2, 0.25) is 0 Å². The summed E-state index contributed by atoms with van der Waals surface area (Å²) in [5, 5.41) is 18.7. The van der Waals surface area contributed by atoms with E-state index in [9.17, 15) is 9.90 Å². The van der Waals surface area contributed by atoms with Gasteiger partial charge in [0.25, 0.3) is 0 Å². The minimum Gasteiger partial charge on any atom is -0.481 e. The molecular weight excluding hydrogens is 182 g/mol. The van der Waals surface area contributed by atoms with Gasteiger partial charge in [0.05, 0.1) is 27.6 Å². The SMILES string of the molecule is CC=C[C@@](O)(CC(=O)O)C[N+](C)(C)C. The van der Waals surface area contributed by atoms with Crippen molar-refractivity contribution in [3.8, 4) is 0 Å². The number of carboxylic acid groups (broad SMARTS) is 1. The van der Waals surface area contributed by atoms with Crippen LogP contribution in [0.4, 0.5) is 0 Å². The van der Waals surface area contributed by atoms with Gasteiger partial charge in [0.15, 0.2) is 0 Å². The number of aliphatic hydroxyl groups is 1. The van der Waals surface area contributed by atoms with Crippen molar-refractivity contribution in [3.05, 3.63) is 12.2 Å². The van der Waals surface area contributed by atoms with Crippen LogP contribution in [0.25, 0.3) is 0 Å². The Morgan fingerprint density at radius 2 is 1.93 bits per heavy atom. The molecule has 0 aliphatic rings. The van der Waals surface area contributed by atoms with Crippen molar-refractivity contribution in [2.75, 3.05) is 27.7 Å². The number of likely N-dealkylation sites (N-methyl/N-ethyl adjacent to an activating group) is 1. The van der Waals surface area contributed by atoms with Crippen LogP contribution in [0.3, 0.4) is 0 Å². The third kappa shape index (κ3) is 5.72. The number of carbonyl (C=O) groups is 1. The fraction of sp³-hybridized carbons (Fsp3) is 0.700. The molecule has 0 rings (SSSR count). The third-order valence-corrected chi connectivity index (χ3v) is 1.68. The summed E-state index contributed by atoms with van der Waals surface area (Å²) in [6, 6.07) is 0. The zero-order valence-electron chi connectivity index (χ0n) is 9.32. The topological polar surface area (TPSA) is 57.5 Å². The molecule has 0 heterocycles. The fourth-order valence-electron chi connectivity index (χ4n) is 1.56. The van der Waals surface area contributed by atoms with Gasteiger partial charge < -0.3 is 14.7 Å². The summed E-state index contributed by atoms with van der Waals surface area (Å²) < 4.78 is 0.522. The second-order valence-corrected chi connectivity index (χ2v) is 4.62. The van der Waals surface area contributed by atoms with Crippen LogP contribution in [0.15, 0.2) is 12.2 Å². The molecule has 0 amide bonds. The van der Waals surface area contributed by atoms with Gasteiger partial charge >= 0.3 is 5.97 Å². The molecule has 0 aromatic carbocycles. The molecule has 1 atom stereocenters. The van der Waals surface area contributed by atoms with E-state index in [1.165, 1.54) is 0 Å². The zero-order valence-corrected chi connectivity index (χ0v) is 9.32. The lowest BCUT2D eigenvalue weighted by atomic mass is 9.98. The Morgan fingerprint density at radius 1 is 1.43 bits per heavy atom. The zero-order chi connectivity index (χ0) is 11.4. The molecule has 14 heavy (non-hydrogen) atoms. The number of allylic oxidation sites excluding steroid dienone is 1. The standard InChI is InChI=1S/C10H19NO3/c1-5-6-10(14,7-9(12)13)8-11(2,3)4/h5-6,14H,7-8H2,1-4H3/p+1/t10-/m1/s1. The molecule has 0 spiro atoms. The number of carboxylic acids is 1. The molecule has 0 aliphatic heterocycles. The largest absolute Gasteiger partial charge is 0.481 e. The first-order valence-corrected chi connectivity index (χ1v) is 4.57. The predicted octanol–water partition coefficient (Wildman–Crippen LogP) is 0.474. The number of rotatable bonds is 5. The Labute approximate surface area is 85.1 Å². The van der Waals surface area contributed by atoms with Crippen molar-refractivity contribution in [2.45, 2.75) is 18.9 Å². The Morgan fingerprint density at radius 3 is 2.21 bits per heavy atom. The summed E-state index contributed by atoms with van der Waals surface area (Å²) in [7, 11) is 5.74. The lowest BCUT2D eigenvalue weighted by molar-refractivity contribution is -0.876. The maximum atomic E-state index is 10.6. The summed E-state index contributed by atoms with van der Waals surface area (Å²) in [6.45, 7) is 2.14. The van der Waals surface area contributed by atoms with Gasteiger partial charge in [-0.25, -0.2) is 0 Å². The van der Waals surface area contributed by atoms with Crippen LogP contribution >= 0.6 is 0 Å². The van der Waals surface area contributed by atoms with E-state index in [0.717, 1.165) is 0 Å². The number of aliphatic carboxylic acids is 1. The summed E-state index contributed by atoms with van der Waals surface area (Å²) in [4.78, 5) is 10.6. The number of nitrogens with zero attached hydrogens (tertiary/aromatic N) is 1. The summed E-state index contributed by atoms with van der Waals surface area (Å²) in [5.41, 5.74) is -1.25. The van der Waals surface area contributed by atoms with Gasteiger partial charge in [-0.2, -0.15) is 0 Å². The van der Waals surface area contributed by atoms with E-state index in [4.69, 9.17) is 5.11 Å². The molecule has 0 unspecified atom stereocenters. The normalized spacial score (nSPS) is 16.9. The van der Waals surface area contributed by atoms with Crippen molar-refractivity contribution in [1.29, 1.82) is 0 Å². The predicted molar refractivity (Wildman–Crippen MR) is 54.9 cm³/mol. The molecule has 0 saturated heterocycles. The average molecular weight is 202 g/mol. The number of quaternary nitrogens is 1. The van der Waals surface area contributed by atoms with Crippen LogP contribution in [0.5, 0.6) is 0 Å². The highest BCUT2D eigenvalue weighted by atomic mass is 16.4. The van der Waals surface area contributed by atoms with Crippen molar-refractivity contribution < 1.29 is 19.5 Å². The minimum atomic E-state index is -1.25. The van der Waals surface area contributed by atoms with E-state index in [-0.39, 0.29) is 6.42 Å². The third-order valence-electron chi connectivity index (χ3n) is 1.68. The van der Waals surface area contributed by atoms with Crippen LogP contribution in [0.1, 0.15) is 13.3 Å². The average Bonchev–Trinajstić information content (AvgIpc) is 1.78. The fourth-order valence-corrected chi connectivity index (χ4v) is 1.56. The van der Waals surface area contributed by atoms with Crippen molar-refractivity contribution in [1.82, 2.24) is 0 Å². The van der Waals surface area contributed by atoms with Gasteiger partial charge in [-0.15, -0.1) is 0 Å². The highest BCUT2D eigenvalue weighted by Crippen LogP contribution is 2.16. The molecule has 0 aliphatic carbocycles. The first-order chi connectivity index (χ1) is 6.18. The molecule has 2 N–H and O–H groups in total. The highest BCUT2D eigenvalue weighted by molar-refractivity contribution is 5.68. The number of hydrogen-bond donors (Lipinski definition) is 2. The second-order valence-electron chi connectivity index (χ2n) is 4.62. The first-order valence-electron chi connectivity index (χ1n) is 4.57. The molecule has 0 bridgehead atoms. The lowest BCUT2D eigenvalue weighted by Crippen LogP contribution is -2.49. The van der Waals surface area contributed by atoms with E-state index in [1.54, 1.807) is 19.1 Å². The second kappa shape index (κ2) is 4.57. The smallest absolute Gasteiger partial charge is 0.306 e. The van der Waals surface area contributed by atoms with Gasteiger partial charge in [-0.05, 0) is 6.92 Å². The Balaban J connectivity index is 4.63. The minimum absolute atomic E-state index is 0.257. The van der Waals surface area contributed by atoms with Gasteiger partial charge in [-0.1, -0.05) is 12.2 Å². The van der Waals surface area contributed by atoms with E-state index in [2.05, 4.69) is 0 Å². The molecule has 4 heteroatoms. The molecule has 82 valence electrons. The molecule has 0 radical (unpaired) electrons. The Hall–Kier alpha value is -0.870. The molecule has 0 aromatic rings. The van der Waals surface area contributed by atoms with Gasteiger partial charge in [0.1, 0.15) is 12.1 Å². The van der Waals surface area contributed by atoms with Crippen LogP contribution in [-0.4, -0.2) is 54.0 Å². The first kappa shape index (κ1) is 13.1. The van der Waals surface area contributed by atoms with E-state index in [0.29, 0.717) is 11.0 Å². The Kier molecular flexibility index (Phi) is 4.29.